The Morgan fingerprint density at radius 2 is 1.53 bits per heavy atom. The number of hydrogen-bond acceptors (Lipinski definition) is 2. The van der Waals surface area contributed by atoms with Crippen LogP contribution in [0.2, 0.25) is 0 Å². The fraction of sp³-hybridized carbons (Fsp3) is 0.867. The molecule has 0 saturated heterocycles. The van der Waals surface area contributed by atoms with Gasteiger partial charge in [-0.1, -0.05) is 13.8 Å². The molecule has 1 amide bonds. The number of rotatable bonds is 6. The summed E-state index contributed by atoms with van der Waals surface area (Å²) in [6.45, 7) is 5.52. The molecule has 0 radical (unpaired) electrons. The van der Waals surface area contributed by atoms with Crippen LogP contribution in [-0.2, 0) is 9.59 Å². The van der Waals surface area contributed by atoms with Gasteiger partial charge in [0, 0.05) is 13.1 Å². The zero-order valence-corrected chi connectivity index (χ0v) is 11.8. The van der Waals surface area contributed by atoms with Gasteiger partial charge in [0.1, 0.15) is 0 Å². The first-order valence-corrected chi connectivity index (χ1v) is 7.43. The van der Waals surface area contributed by atoms with Crippen LogP contribution in [0.4, 0.5) is 0 Å². The maximum atomic E-state index is 12.6. The smallest absolute Gasteiger partial charge is 0.307 e. The van der Waals surface area contributed by atoms with Crippen molar-refractivity contribution in [3.8, 4) is 0 Å². The molecule has 4 nitrogen and oxygen atoms in total. The molecule has 0 aromatic carbocycles. The number of carbonyl (C=O) groups is 2. The van der Waals surface area contributed by atoms with Crippen LogP contribution in [0, 0.1) is 29.1 Å². The van der Waals surface area contributed by atoms with E-state index < -0.39 is 11.9 Å². The van der Waals surface area contributed by atoms with Crippen molar-refractivity contribution in [3.05, 3.63) is 0 Å². The van der Waals surface area contributed by atoms with E-state index in [-0.39, 0.29) is 17.2 Å². The molecule has 3 saturated carbocycles. The van der Waals surface area contributed by atoms with Gasteiger partial charge in [0.15, 0.2) is 0 Å². The second-order valence-electron chi connectivity index (χ2n) is 7.24. The second kappa shape index (κ2) is 4.22. The average Bonchev–Trinajstić information content (AvgIpc) is 3.13. The third-order valence-electron chi connectivity index (χ3n) is 5.02. The van der Waals surface area contributed by atoms with E-state index in [9.17, 15) is 14.7 Å². The Morgan fingerprint density at radius 1 is 1.05 bits per heavy atom. The van der Waals surface area contributed by atoms with Crippen LogP contribution in [0.3, 0.4) is 0 Å². The van der Waals surface area contributed by atoms with Crippen LogP contribution in [0.15, 0.2) is 0 Å². The van der Waals surface area contributed by atoms with E-state index in [1.54, 1.807) is 0 Å². The van der Waals surface area contributed by atoms with Gasteiger partial charge in [-0.15, -0.1) is 0 Å². The first-order chi connectivity index (χ1) is 8.91. The van der Waals surface area contributed by atoms with Crippen molar-refractivity contribution in [2.24, 2.45) is 29.1 Å². The Balaban J connectivity index is 1.67. The van der Waals surface area contributed by atoms with Gasteiger partial charge in [-0.25, -0.2) is 0 Å². The van der Waals surface area contributed by atoms with Crippen molar-refractivity contribution in [1.82, 2.24) is 4.90 Å². The number of carboxylic acid groups (broad SMARTS) is 1. The molecule has 1 N–H and O–H groups in total. The summed E-state index contributed by atoms with van der Waals surface area (Å²) in [6.07, 6.45) is 4.91. The Labute approximate surface area is 114 Å². The van der Waals surface area contributed by atoms with E-state index in [0.717, 1.165) is 13.1 Å². The molecule has 19 heavy (non-hydrogen) atoms. The van der Waals surface area contributed by atoms with Gasteiger partial charge in [-0.05, 0) is 42.9 Å². The number of hydrogen-bond donors (Lipinski definition) is 1. The summed E-state index contributed by atoms with van der Waals surface area (Å²) in [7, 11) is 0. The van der Waals surface area contributed by atoms with Gasteiger partial charge in [0.2, 0.25) is 5.91 Å². The van der Waals surface area contributed by atoms with E-state index in [1.807, 2.05) is 18.7 Å². The highest BCUT2D eigenvalue weighted by molar-refractivity contribution is 5.91. The summed E-state index contributed by atoms with van der Waals surface area (Å²) in [5, 5.41) is 9.21. The minimum Gasteiger partial charge on any atom is -0.481 e. The lowest BCUT2D eigenvalue weighted by atomic mass is 10.1. The zero-order valence-electron chi connectivity index (χ0n) is 11.8. The molecule has 0 aromatic heterocycles. The predicted octanol–water partition coefficient (Wildman–Crippen LogP) is 1.99. The summed E-state index contributed by atoms with van der Waals surface area (Å²) in [6, 6.07) is 0. The normalized spacial score (nSPS) is 31.9. The number of amides is 1. The molecular formula is C15H23NO3. The highest BCUT2D eigenvalue weighted by atomic mass is 16.4. The van der Waals surface area contributed by atoms with E-state index in [2.05, 4.69) is 0 Å². The van der Waals surface area contributed by atoms with Crippen LogP contribution >= 0.6 is 0 Å². The van der Waals surface area contributed by atoms with Crippen LogP contribution < -0.4 is 0 Å². The van der Waals surface area contributed by atoms with Gasteiger partial charge >= 0.3 is 5.97 Å². The topological polar surface area (TPSA) is 57.6 Å². The monoisotopic (exact) mass is 265 g/mol. The number of carboxylic acids is 1. The lowest BCUT2D eigenvalue weighted by Gasteiger charge is -2.23. The lowest BCUT2D eigenvalue weighted by Crippen LogP contribution is -2.37. The van der Waals surface area contributed by atoms with Crippen molar-refractivity contribution < 1.29 is 14.7 Å². The number of carbonyl (C=O) groups excluding carboxylic acids is 1. The Morgan fingerprint density at radius 3 is 1.84 bits per heavy atom. The van der Waals surface area contributed by atoms with Gasteiger partial charge in [0.05, 0.1) is 11.8 Å². The van der Waals surface area contributed by atoms with Gasteiger partial charge < -0.3 is 10.0 Å². The van der Waals surface area contributed by atoms with Crippen LogP contribution in [0.5, 0.6) is 0 Å². The molecule has 3 aliphatic carbocycles. The minimum absolute atomic E-state index is 0.0937. The molecule has 0 heterocycles. The third-order valence-corrected chi connectivity index (χ3v) is 5.02. The molecule has 106 valence electrons. The SMILES string of the molecule is CC1(C)C(C(=O)O)C1C(=O)N(CC1CC1)CC1CC1. The molecular weight excluding hydrogens is 242 g/mol. The molecule has 0 spiro atoms. The summed E-state index contributed by atoms with van der Waals surface area (Å²) in [5.41, 5.74) is -0.367. The van der Waals surface area contributed by atoms with Gasteiger partial charge in [0.25, 0.3) is 0 Å². The average molecular weight is 265 g/mol. The fourth-order valence-corrected chi connectivity index (χ4v) is 3.23. The Kier molecular flexibility index (Phi) is 2.88. The van der Waals surface area contributed by atoms with Crippen LogP contribution in [0.1, 0.15) is 39.5 Å². The van der Waals surface area contributed by atoms with E-state index in [1.165, 1.54) is 25.7 Å². The maximum Gasteiger partial charge on any atom is 0.307 e. The number of nitrogens with zero attached hydrogens (tertiary/aromatic N) is 1. The van der Waals surface area contributed by atoms with Crippen molar-refractivity contribution in [2.75, 3.05) is 13.1 Å². The molecule has 0 bridgehead atoms. The largest absolute Gasteiger partial charge is 0.481 e. The van der Waals surface area contributed by atoms with Crippen LogP contribution in [0.25, 0.3) is 0 Å². The highest BCUT2D eigenvalue weighted by Crippen LogP contribution is 2.59. The molecule has 0 aromatic rings. The van der Waals surface area contributed by atoms with Crippen molar-refractivity contribution in [2.45, 2.75) is 39.5 Å². The maximum absolute atomic E-state index is 12.6. The predicted molar refractivity (Wildman–Crippen MR) is 70.4 cm³/mol. The van der Waals surface area contributed by atoms with E-state index >= 15 is 0 Å². The molecule has 0 aliphatic heterocycles. The first kappa shape index (κ1) is 12.9. The van der Waals surface area contributed by atoms with E-state index in [0.29, 0.717) is 11.8 Å². The van der Waals surface area contributed by atoms with Crippen molar-refractivity contribution in [1.29, 1.82) is 0 Å². The summed E-state index contributed by atoms with van der Waals surface area (Å²) in [4.78, 5) is 25.8. The van der Waals surface area contributed by atoms with Crippen LogP contribution in [-0.4, -0.2) is 35.0 Å². The molecule has 3 rings (SSSR count). The zero-order chi connectivity index (χ0) is 13.8. The Hall–Kier alpha value is -1.06. The van der Waals surface area contributed by atoms with Crippen molar-refractivity contribution in [3.63, 3.8) is 0 Å². The standard InChI is InChI=1S/C15H23NO3/c1-15(2)11(12(15)14(18)19)13(17)16(7-9-3-4-9)8-10-5-6-10/h9-12H,3-8H2,1-2H3,(H,18,19). The van der Waals surface area contributed by atoms with Gasteiger partial charge in [-0.3, -0.25) is 9.59 Å². The Bertz CT molecular complexity index is 396. The lowest BCUT2D eigenvalue weighted by molar-refractivity contribution is -0.142. The second-order valence-corrected chi connectivity index (χ2v) is 7.24. The third kappa shape index (κ3) is 2.49. The molecule has 2 atom stereocenters. The summed E-state index contributed by atoms with van der Waals surface area (Å²) in [5.74, 6) is -0.165. The molecule has 2 unspecified atom stereocenters. The number of aliphatic carboxylic acids is 1. The minimum atomic E-state index is -0.818. The van der Waals surface area contributed by atoms with Crippen molar-refractivity contribution >= 4 is 11.9 Å². The first-order valence-electron chi connectivity index (χ1n) is 7.43. The van der Waals surface area contributed by atoms with E-state index in [4.69, 9.17) is 0 Å². The summed E-state index contributed by atoms with van der Waals surface area (Å²) < 4.78 is 0. The molecule has 3 fully saturated rings. The quantitative estimate of drug-likeness (QED) is 0.799. The highest BCUT2D eigenvalue weighted by Gasteiger charge is 2.66. The molecule has 4 heteroatoms. The summed E-state index contributed by atoms with van der Waals surface area (Å²) >= 11 is 0. The van der Waals surface area contributed by atoms with Gasteiger partial charge in [-0.2, -0.15) is 0 Å². The molecule has 3 aliphatic rings. The fourth-order valence-electron chi connectivity index (χ4n) is 3.23.